The zero-order valence-corrected chi connectivity index (χ0v) is 15.7. The Bertz CT molecular complexity index is 378. The smallest absolute Gasteiger partial charge is 0.303 e. The van der Waals surface area contributed by atoms with Crippen LogP contribution in [0.2, 0.25) is 0 Å². The molecule has 1 fully saturated rings. The number of nitrogens with zero attached hydrogens (tertiary/aromatic N) is 1. The third-order valence-electron chi connectivity index (χ3n) is 4.50. The molecule has 2 atom stereocenters. The van der Waals surface area contributed by atoms with Crippen LogP contribution in [0.1, 0.15) is 77.6 Å². The summed E-state index contributed by atoms with van der Waals surface area (Å²) in [6.07, 6.45) is 9.50. The molecule has 0 saturated carbocycles. The average molecular weight is 360 g/mol. The Morgan fingerprint density at radius 2 is 1.96 bits per heavy atom. The molecule has 6 heteroatoms. The molecule has 1 unspecified atom stereocenters. The van der Waals surface area contributed by atoms with Crippen LogP contribution in [0.15, 0.2) is 0 Å². The summed E-state index contributed by atoms with van der Waals surface area (Å²) in [6.45, 7) is 2.81. The van der Waals surface area contributed by atoms with Crippen molar-refractivity contribution in [3.05, 3.63) is 0 Å². The van der Waals surface area contributed by atoms with Crippen LogP contribution in [0.25, 0.3) is 0 Å². The summed E-state index contributed by atoms with van der Waals surface area (Å²) < 4.78 is 0. The van der Waals surface area contributed by atoms with Gasteiger partial charge in [-0.2, -0.15) is 0 Å². The first kappa shape index (κ1) is 21.3. The molecule has 0 radical (unpaired) electrons. The van der Waals surface area contributed by atoms with Gasteiger partial charge in [0, 0.05) is 13.0 Å². The maximum absolute atomic E-state index is 12.0. The van der Waals surface area contributed by atoms with E-state index in [0.717, 1.165) is 57.8 Å². The van der Waals surface area contributed by atoms with Crippen LogP contribution in [0.3, 0.4) is 0 Å². The van der Waals surface area contributed by atoms with Gasteiger partial charge in [0.15, 0.2) is 0 Å². The van der Waals surface area contributed by atoms with Gasteiger partial charge < -0.3 is 15.1 Å². The molecular formula is C18H33NO4S. The normalized spacial score (nSPS) is 19.0. The van der Waals surface area contributed by atoms with Crippen molar-refractivity contribution in [2.45, 2.75) is 89.0 Å². The minimum atomic E-state index is -0.726. The van der Waals surface area contributed by atoms with Crippen LogP contribution in [0.4, 0.5) is 0 Å². The summed E-state index contributed by atoms with van der Waals surface area (Å²) in [5.41, 5.74) is 0. The average Bonchev–Trinajstić information content (AvgIpc) is 2.89. The van der Waals surface area contributed by atoms with Crippen LogP contribution >= 0.6 is 11.8 Å². The van der Waals surface area contributed by atoms with Gasteiger partial charge in [-0.3, -0.25) is 9.59 Å². The van der Waals surface area contributed by atoms with Gasteiger partial charge in [-0.15, -0.1) is 11.8 Å². The third kappa shape index (κ3) is 8.92. The molecule has 1 saturated heterocycles. The number of thioether (sulfide) groups is 1. The number of rotatable bonds is 14. The van der Waals surface area contributed by atoms with E-state index >= 15 is 0 Å². The molecule has 0 aliphatic carbocycles. The molecule has 24 heavy (non-hydrogen) atoms. The number of aliphatic carboxylic acids is 1. The SMILES string of the molecule is CCCCC[C@@H](O)CCN1C(=O)CSC1CCCCCCC(=O)O. The number of aliphatic hydroxyl groups is 1. The minimum absolute atomic E-state index is 0.191. The van der Waals surface area contributed by atoms with Crippen molar-refractivity contribution < 1.29 is 19.8 Å². The second-order valence-corrected chi connectivity index (χ2v) is 7.80. The Hall–Kier alpha value is -0.750. The summed E-state index contributed by atoms with van der Waals surface area (Å²) in [5.74, 6) is 0.0162. The maximum Gasteiger partial charge on any atom is 0.303 e. The van der Waals surface area contributed by atoms with Crippen LogP contribution in [0.5, 0.6) is 0 Å². The van der Waals surface area contributed by atoms with E-state index in [1.54, 1.807) is 11.8 Å². The van der Waals surface area contributed by atoms with Gasteiger partial charge >= 0.3 is 5.97 Å². The van der Waals surface area contributed by atoms with Crippen molar-refractivity contribution in [2.24, 2.45) is 0 Å². The van der Waals surface area contributed by atoms with Crippen LogP contribution in [-0.2, 0) is 9.59 Å². The number of carbonyl (C=O) groups excluding carboxylic acids is 1. The fourth-order valence-electron chi connectivity index (χ4n) is 3.02. The fraction of sp³-hybridized carbons (Fsp3) is 0.889. The lowest BCUT2D eigenvalue weighted by Crippen LogP contribution is -2.35. The molecule has 0 spiro atoms. The van der Waals surface area contributed by atoms with E-state index in [9.17, 15) is 14.7 Å². The second kappa shape index (κ2) is 12.6. The van der Waals surface area contributed by atoms with Gasteiger partial charge in [-0.25, -0.2) is 0 Å². The van der Waals surface area contributed by atoms with E-state index in [2.05, 4.69) is 6.92 Å². The molecule has 1 aliphatic rings. The van der Waals surface area contributed by atoms with E-state index in [0.29, 0.717) is 18.7 Å². The van der Waals surface area contributed by atoms with Crippen molar-refractivity contribution >= 4 is 23.6 Å². The first-order chi connectivity index (χ1) is 11.5. The highest BCUT2D eigenvalue weighted by molar-refractivity contribution is 8.00. The number of carbonyl (C=O) groups is 2. The lowest BCUT2D eigenvalue weighted by Gasteiger charge is -2.25. The molecular weight excluding hydrogens is 326 g/mol. The number of unbranched alkanes of at least 4 members (excludes halogenated alkanes) is 5. The van der Waals surface area contributed by atoms with Crippen molar-refractivity contribution in [3.8, 4) is 0 Å². The predicted octanol–water partition coefficient (Wildman–Crippen LogP) is 3.64. The standard InChI is InChI=1S/C18H33NO4S/c1-2-3-6-9-15(20)12-13-19-16(21)14-24-17(19)10-7-4-5-8-11-18(22)23/h15,17,20H,2-14H2,1H3,(H,22,23)/t15-,17?/m1/s1. The molecule has 1 amide bonds. The highest BCUT2D eigenvalue weighted by Gasteiger charge is 2.30. The minimum Gasteiger partial charge on any atom is -0.481 e. The molecule has 1 heterocycles. The van der Waals surface area contributed by atoms with Crippen LogP contribution in [-0.4, -0.2) is 50.8 Å². The Morgan fingerprint density at radius 3 is 2.67 bits per heavy atom. The lowest BCUT2D eigenvalue weighted by molar-refractivity contribution is -0.137. The predicted molar refractivity (Wildman–Crippen MR) is 98.1 cm³/mol. The zero-order chi connectivity index (χ0) is 17.8. The number of carboxylic acids is 1. The van der Waals surface area contributed by atoms with E-state index < -0.39 is 5.97 Å². The van der Waals surface area contributed by atoms with Crippen LogP contribution < -0.4 is 0 Å². The summed E-state index contributed by atoms with van der Waals surface area (Å²) in [6, 6.07) is 0. The topological polar surface area (TPSA) is 77.8 Å². The fourth-order valence-corrected chi connectivity index (χ4v) is 4.26. The molecule has 2 N–H and O–H groups in total. The van der Waals surface area contributed by atoms with E-state index in [-0.39, 0.29) is 23.8 Å². The maximum atomic E-state index is 12.0. The Balaban J connectivity index is 2.19. The highest BCUT2D eigenvalue weighted by Crippen LogP contribution is 2.29. The van der Waals surface area contributed by atoms with Gasteiger partial charge in [0.2, 0.25) is 5.91 Å². The second-order valence-electron chi connectivity index (χ2n) is 6.64. The Kier molecular flexibility index (Phi) is 11.2. The van der Waals surface area contributed by atoms with E-state index in [4.69, 9.17) is 5.11 Å². The van der Waals surface area contributed by atoms with Gasteiger partial charge in [0.25, 0.3) is 0 Å². The molecule has 1 aliphatic heterocycles. The molecule has 140 valence electrons. The quantitative estimate of drug-likeness (QED) is 0.463. The van der Waals surface area contributed by atoms with Crippen molar-refractivity contribution in [2.75, 3.05) is 12.3 Å². The van der Waals surface area contributed by atoms with E-state index in [1.807, 2.05) is 4.90 Å². The number of amides is 1. The summed E-state index contributed by atoms with van der Waals surface area (Å²) in [4.78, 5) is 24.4. The van der Waals surface area contributed by atoms with Crippen LogP contribution in [0, 0.1) is 0 Å². The molecule has 5 nitrogen and oxygen atoms in total. The Labute approximate surface area is 150 Å². The summed E-state index contributed by atoms with van der Waals surface area (Å²) >= 11 is 1.70. The molecule has 0 bridgehead atoms. The largest absolute Gasteiger partial charge is 0.481 e. The highest BCUT2D eigenvalue weighted by atomic mass is 32.2. The summed E-state index contributed by atoms with van der Waals surface area (Å²) in [7, 11) is 0. The van der Waals surface area contributed by atoms with Crippen molar-refractivity contribution in [3.63, 3.8) is 0 Å². The van der Waals surface area contributed by atoms with Crippen molar-refractivity contribution in [1.29, 1.82) is 0 Å². The molecule has 1 rings (SSSR count). The number of carboxylic acid groups (broad SMARTS) is 1. The molecule has 0 aromatic carbocycles. The van der Waals surface area contributed by atoms with E-state index in [1.165, 1.54) is 0 Å². The van der Waals surface area contributed by atoms with Gasteiger partial charge in [0.05, 0.1) is 17.2 Å². The van der Waals surface area contributed by atoms with Gasteiger partial charge in [-0.05, 0) is 25.7 Å². The summed E-state index contributed by atoms with van der Waals surface area (Å²) in [5, 5.41) is 18.9. The van der Waals surface area contributed by atoms with Crippen molar-refractivity contribution in [1.82, 2.24) is 4.90 Å². The number of hydrogen-bond acceptors (Lipinski definition) is 4. The number of aliphatic hydroxyl groups excluding tert-OH is 1. The first-order valence-corrected chi connectivity index (χ1v) is 10.4. The lowest BCUT2D eigenvalue weighted by atomic mass is 10.1. The third-order valence-corrected chi connectivity index (χ3v) is 5.79. The van der Waals surface area contributed by atoms with Gasteiger partial charge in [0.1, 0.15) is 0 Å². The monoisotopic (exact) mass is 359 g/mol. The Morgan fingerprint density at radius 1 is 1.21 bits per heavy atom. The van der Waals surface area contributed by atoms with Gasteiger partial charge in [-0.1, -0.05) is 45.4 Å². The molecule has 0 aromatic rings. The molecule has 0 aromatic heterocycles. The zero-order valence-electron chi connectivity index (χ0n) is 14.9. The first-order valence-electron chi connectivity index (χ1n) is 9.35. The number of hydrogen-bond donors (Lipinski definition) is 2.